The van der Waals surface area contributed by atoms with Crippen LogP contribution in [0.1, 0.15) is 25.3 Å². The number of hydrogen-bond donors (Lipinski definition) is 1. The molecule has 1 aromatic rings. The molecule has 0 radical (unpaired) electrons. The number of nitrogens with one attached hydrogen (secondary N) is 1. The third kappa shape index (κ3) is 2.72. The van der Waals surface area contributed by atoms with Crippen molar-refractivity contribution in [3.8, 4) is 0 Å². The molecule has 1 heterocycles. The smallest absolute Gasteiger partial charge is 0.0667 e. The Morgan fingerprint density at radius 2 is 2.27 bits per heavy atom. The molecular weight excluding hydrogens is 186 g/mol. The lowest BCUT2D eigenvalue weighted by Gasteiger charge is -2.26. The predicted molar refractivity (Wildman–Crippen MR) is 63.3 cm³/mol. The van der Waals surface area contributed by atoms with Crippen LogP contribution in [0.25, 0.3) is 0 Å². The number of anilines is 1. The van der Waals surface area contributed by atoms with Crippen LogP contribution in [-0.4, -0.2) is 19.3 Å². The van der Waals surface area contributed by atoms with Gasteiger partial charge in [0.05, 0.1) is 6.61 Å². The molecule has 0 aromatic heterocycles. The number of hydrogen-bond acceptors (Lipinski definition) is 2. The molecular formula is C13H19NO. The van der Waals surface area contributed by atoms with E-state index < -0.39 is 0 Å². The molecule has 0 bridgehead atoms. The number of ether oxygens (including phenoxy) is 1. The van der Waals surface area contributed by atoms with E-state index >= 15 is 0 Å². The second kappa shape index (κ2) is 5.17. The van der Waals surface area contributed by atoms with Gasteiger partial charge in [-0.05, 0) is 30.9 Å². The molecule has 1 aliphatic rings. The van der Waals surface area contributed by atoms with Gasteiger partial charge in [0.1, 0.15) is 0 Å². The normalized spacial score (nSPS) is 19.4. The summed E-state index contributed by atoms with van der Waals surface area (Å²) in [6, 6.07) is 9.04. The highest BCUT2D eigenvalue weighted by Gasteiger charge is 2.16. The maximum atomic E-state index is 5.57. The van der Waals surface area contributed by atoms with Gasteiger partial charge in [-0.3, -0.25) is 0 Å². The fourth-order valence-corrected chi connectivity index (χ4v) is 2.00. The summed E-state index contributed by atoms with van der Waals surface area (Å²) in [4.78, 5) is 0. The Morgan fingerprint density at radius 3 is 3.13 bits per heavy atom. The molecule has 82 valence electrons. The van der Waals surface area contributed by atoms with Crippen molar-refractivity contribution in [2.45, 2.75) is 32.2 Å². The van der Waals surface area contributed by atoms with Crippen LogP contribution in [-0.2, 0) is 11.2 Å². The minimum atomic E-state index is 0.492. The van der Waals surface area contributed by atoms with Crippen molar-refractivity contribution in [1.82, 2.24) is 0 Å². The van der Waals surface area contributed by atoms with Crippen LogP contribution in [0.15, 0.2) is 24.3 Å². The SMILES string of the molecule is CCCOCC1CCc2ccccc2N1. The van der Waals surface area contributed by atoms with E-state index in [0.717, 1.165) is 19.6 Å². The Bertz CT molecular complexity index is 311. The van der Waals surface area contributed by atoms with Gasteiger partial charge in [0.15, 0.2) is 0 Å². The van der Waals surface area contributed by atoms with Crippen molar-refractivity contribution in [1.29, 1.82) is 0 Å². The summed E-state index contributed by atoms with van der Waals surface area (Å²) < 4.78 is 5.57. The molecule has 1 N–H and O–H groups in total. The fourth-order valence-electron chi connectivity index (χ4n) is 2.00. The van der Waals surface area contributed by atoms with Gasteiger partial charge < -0.3 is 10.1 Å². The molecule has 0 saturated heterocycles. The van der Waals surface area contributed by atoms with Crippen molar-refractivity contribution in [3.63, 3.8) is 0 Å². The fraction of sp³-hybridized carbons (Fsp3) is 0.538. The van der Waals surface area contributed by atoms with Crippen LogP contribution in [0, 0.1) is 0 Å². The molecule has 1 atom stereocenters. The quantitative estimate of drug-likeness (QED) is 0.763. The summed E-state index contributed by atoms with van der Waals surface area (Å²) in [5.74, 6) is 0. The highest BCUT2D eigenvalue weighted by molar-refractivity contribution is 5.53. The average Bonchev–Trinajstić information content (AvgIpc) is 2.29. The van der Waals surface area contributed by atoms with Crippen LogP contribution < -0.4 is 5.32 Å². The number of aryl methyl sites for hydroxylation is 1. The van der Waals surface area contributed by atoms with Gasteiger partial charge in [0.2, 0.25) is 0 Å². The Labute approximate surface area is 91.6 Å². The van der Waals surface area contributed by atoms with Crippen molar-refractivity contribution in [3.05, 3.63) is 29.8 Å². The molecule has 2 nitrogen and oxygen atoms in total. The van der Waals surface area contributed by atoms with E-state index in [-0.39, 0.29) is 0 Å². The van der Waals surface area contributed by atoms with Gasteiger partial charge in [-0.25, -0.2) is 0 Å². The molecule has 0 aliphatic carbocycles. The van der Waals surface area contributed by atoms with Crippen molar-refractivity contribution in [2.75, 3.05) is 18.5 Å². The van der Waals surface area contributed by atoms with Crippen molar-refractivity contribution < 1.29 is 4.74 Å². The summed E-state index contributed by atoms with van der Waals surface area (Å²) in [7, 11) is 0. The van der Waals surface area contributed by atoms with Crippen LogP contribution in [0.4, 0.5) is 5.69 Å². The largest absolute Gasteiger partial charge is 0.380 e. The highest BCUT2D eigenvalue weighted by Crippen LogP contribution is 2.24. The predicted octanol–water partition coefficient (Wildman–Crippen LogP) is 2.84. The number of benzene rings is 1. The van der Waals surface area contributed by atoms with Crippen LogP contribution >= 0.6 is 0 Å². The highest BCUT2D eigenvalue weighted by atomic mass is 16.5. The zero-order chi connectivity index (χ0) is 10.5. The molecule has 15 heavy (non-hydrogen) atoms. The van der Waals surface area contributed by atoms with Gasteiger partial charge in [-0.1, -0.05) is 25.1 Å². The first-order chi connectivity index (χ1) is 7.40. The van der Waals surface area contributed by atoms with Crippen LogP contribution in [0.2, 0.25) is 0 Å². The summed E-state index contributed by atoms with van der Waals surface area (Å²) in [5.41, 5.74) is 2.72. The van der Waals surface area contributed by atoms with Gasteiger partial charge >= 0.3 is 0 Å². The first-order valence-electron chi connectivity index (χ1n) is 5.82. The summed E-state index contributed by atoms with van der Waals surface area (Å²) in [6.07, 6.45) is 3.45. The molecule has 1 unspecified atom stereocenters. The minimum absolute atomic E-state index is 0.492. The second-order valence-corrected chi connectivity index (χ2v) is 4.11. The Morgan fingerprint density at radius 1 is 1.40 bits per heavy atom. The molecule has 0 fully saturated rings. The topological polar surface area (TPSA) is 21.3 Å². The maximum Gasteiger partial charge on any atom is 0.0667 e. The third-order valence-corrected chi connectivity index (χ3v) is 2.81. The second-order valence-electron chi connectivity index (χ2n) is 4.11. The van der Waals surface area contributed by atoms with E-state index in [1.165, 1.54) is 24.1 Å². The van der Waals surface area contributed by atoms with Crippen LogP contribution in [0.3, 0.4) is 0 Å². The summed E-state index contributed by atoms with van der Waals surface area (Å²) >= 11 is 0. The first-order valence-corrected chi connectivity index (χ1v) is 5.82. The third-order valence-electron chi connectivity index (χ3n) is 2.81. The monoisotopic (exact) mass is 205 g/mol. The molecule has 0 amide bonds. The summed E-state index contributed by atoms with van der Waals surface area (Å²) in [6.45, 7) is 3.85. The molecule has 2 rings (SSSR count). The Hall–Kier alpha value is -1.02. The number of fused-ring (bicyclic) bond motifs is 1. The van der Waals surface area contributed by atoms with E-state index in [2.05, 4.69) is 36.5 Å². The standard InChI is InChI=1S/C13H19NO/c1-2-9-15-10-12-8-7-11-5-3-4-6-13(11)14-12/h3-6,12,14H,2,7-10H2,1H3. The molecule has 1 aliphatic heterocycles. The molecule has 0 spiro atoms. The zero-order valence-corrected chi connectivity index (χ0v) is 9.33. The van der Waals surface area contributed by atoms with E-state index in [0.29, 0.717) is 6.04 Å². The lowest BCUT2D eigenvalue weighted by Crippen LogP contribution is -2.30. The Balaban J connectivity index is 1.88. The van der Waals surface area contributed by atoms with Crippen molar-refractivity contribution >= 4 is 5.69 Å². The zero-order valence-electron chi connectivity index (χ0n) is 9.33. The van der Waals surface area contributed by atoms with Crippen LogP contribution in [0.5, 0.6) is 0 Å². The average molecular weight is 205 g/mol. The first kappa shape index (κ1) is 10.5. The number of rotatable bonds is 4. The summed E-state index contributed by atoms with van der Waals surface area (Å²) in [5, 5.41) is 3.53. The van der Waals surface area contributed by atoms with Gasteiger partial charge in [-0.15, -0.1) is 0 Å². The Kier molecular flexibility index (Phi) is 3.62. The van der Waals surface area contributed by atoms with Gasteiger partial charge in [0.25, 0.3) is 0 Å². The van der Waals surface area contributed by atoms with Crippen molar-refractivity contribution in [2.24, 2.45) is 0 Å². The number of para-hydroxylation sites is 1. The van der Waals surface area contributed by atoms with Gasteiger partial charge in [-0.2, -0.15) is 0 Å². The molecule has 0 saturated carbocycles. The van der Waals surface area contributed by atoms with E-state index in [1.807, 2.05) is 0 Å². The van der Waals surface area contributed by atoms with E-state index in [1.54, 1.807) is 0 Å². The minimum Gasteiger partial charge on any atom is -0.380 e. The van der Waals surface area contributed by atoms with E-state index in [9.17, 15) is 0 Å². The molecule has 1 aromatic carbocycles. The lowest BCUT2D eigenvalue weighted by molar-refractivity contribution is 0.123. The van der Waals surface area contributed by atoms with E-state index in [4.69, 9.17) is 4.74 Å². The lowest BCUT2D eigenvalue weighted by atomic mass is 9.99. The molecule has 2 heteroatoms. The maximum absolute atomic E-state index is 5.57. The van der Waals surface area contributed by atoms with Gasteiger partial charge in [0, 0.05) is 18.3 Å².